The second kappa shape index (κ2) is 5.04. The molecule has 19 heavy (non-hydrogen) atoms. The molecular weight excluding hydrogens is 236 g/mol. The Hall–Kier alpha value is -1.83. The molecule has 2 aromatic rings. The Bertz CT molecular complexity index is 598. The van der Waals surface area contributed by atoms with Crippen LogP contribution in [0, 0.1) is 0 Å². The van der Waals surface area contributed by atoms with Gasteiger partial charge in [0, 0.05) is 5.92 Å². The highest BCUT2D eigenvalue weighted by molar-refractivity contribution is 5.87. The van der Waals surface area contributed by atoms with Crippen LogP contribution < -0.4 is 0 Å². The molecule has 2 heteroatoms. The summed E-state index contributed by atoms with van der Waals surface area (Å²) in [4.78, 5) is 11.6. The van der Waals surface area contributed by atoms with E-state index in [2.05, 4.69) is 43.3 Å². The molecule has 2 nitrogen and oxygen atoms in total. The fourth-order valence-corrected chi connectivity index (χ4v) is 3.04. The molecule has 3 rings (SSSR count). The number of cyclic esters (lactones) is 1. The van der Waals surface area contributed by atoms with E-state index in [0.29, 0.717) is 6.42 Å². The van der Waals surface area contributed by atoms with Gasteiger partial charge in [0.25, 0.3) is 0 Å². The Morgan fingerprint density at radius 1 is 1.16 bits per heavy atom. The van der Waals surface area contributed by atoms with Gasteiger partial charge < -0.3 is 4.74 Å². The van der Waals surface area contributed by atoms with Gasteiger partial charge >= 0.3 is 5.97 Å². The zero-order valence-corrected chi connectivity index (χ0v) is 11.1. The van der Waals surface area contributed by atoms with E-state index in [1.54, 1.807) is 0 Å². The largest absolute Gasteiger partial charge is 0.462 e. The van der Waals surface area contributed by atoms with Crippen molar-refractivity contribution < 1.29 is 9.53 Å². The highest BCUT2D eigenvalue weighted by Crippen LogP contribution is 2.37. The lowest BCUT2D eigenvalue weighted by Gasteiger charge is -2.18. The summed E-state index contributed by atoms with van der Waals surface area (Å²) in [6, 6.07) is 14.7. The van der Waals surface area contributed by atoms with Crippen LogP contribution >= 0.6 is 0 Å². The standard InChI is InChI=1S/C17H18O2/c1-2-6-16-15(11-17(18)19-16)14-10-5-8-12-7-3-4-9-13(12)14/h3-5,7-10,15-16H,2,6,11H2,1H3/t15-,16-/m1/s1. The predicted molar refractivity (Wildman–Crippen MR) is 76.1 cm³/mol. The molecule has 0 spiro atoms. The van der Waals surface area contributed by atoms with Gasteiger partial charge in [0.1, 0.15) is 6.10 Å². The highest BCUT2D eigenvalue weighted by atomic mass is 16.5. The fraction of sp³-hybridized carbons (Fsp3) is 0.353. The Labute approximate surface area is 113 Å². The minimum absolute atomic E-state index is 0.0447. The molecule has 0 radical (unpaired) electrons. The van der Waals surface area contributed by atoms with Crippen LogP contribution in [0.15, 0.2) is 42.5 Å². The molecule has 1 saturated heterocycles. The molecule has 1 fully saturated rings. The molecule has 0 N–H and O–H groups in total. The first kappa shape index (κ1) is 12.2. The summed E-state index contributed by atoms with van der Waals surface area (Å²) in [5.41, 5.74) is 1.25. The van der Waals surface area contributed by atoms with Gasteiger partial charge in [-0.05, 0) is 22.8 Å². The van der Waals surface area contributed by atoms with Crippen molar-refractivity contribution >= 4 is 16.7 Å². The minimum atomic E-state index is -0.0589. The van der Waals surface area contributed by atoms with E-state index in [1.165, 1.54) is 16.3 Å². The second-order valence-electron chi connectivity index (χ2n) is 5.20. The van der Waals surface area contributed by atoms with Gasteiger partial charge in [0.15, 0.2) is 0 Å². The maximum atomic E-state index is 11.6. The number of fused-ring (bicyclic) bond motifs is 1. The monoisotopic (exact) mass is 254 g/mol. The zero-order valence-electron chi connectivity index (χ0n) is 11.1. The minimum Gasteiger partial charge on any atom is -0.462 e. The van der Waals surface area contributed by atoms with Crippen molar-refractivity contribution in [3.63, 3.8) is 0 Å². The average Bonchev–Trinajstić information content (AvgIpc) is 2.79. The average molecular weight is 254 g/mol. The third-order valence-corrected chi connectivity index (χ3v) is 3.91. The van der Waals surface area contributed by atoms with E-state index in [-0.39, 0.29) is 18.0 Å². The van der Waals surface area contributed by atoms with Gasteiger partial charge in [-0.2, -0.15) is 0 Å². The lowest BCUT2D eigenvalue weighted by atomic mass is 9.87. The van der Waals surface area contributed by atoms with E-state index in [4.69, 9.17) is 4.74 Å². The highest BCUT2D eigenvalue weighted by Gasteiger charge is 2.35. The summed E-state index contributed by atoms with van der Waals surface area (Å²) in [5, 5.41) is 2.48. The number of hydrogen-bond donors (Lipinski definition) is 0. The van der Waals surface area contributed by atoms with Crippen LogP contribution in [0.2, 0.25) is 0 Å². The molecule has 1 aliphatic rings. The number of rotatable bonds is 3. The Balaban J connectivity index is 2.05. The smallest absolute Gasteiger partial charge is 0.306 e. The van der Waals surface area contributed by atoms with E-state index >= 15 is 0 Å². The zero-order chi connectivity index (χ0) is 13.2. The summed E-state index contributed by atoms with van der Waals surface area (Å²) < 4.78 is 5.48. The van der Waals surface area contributed by atoms with Gasteiger partial charge in [-0.15, -0.1) is 0 Å². The van der Waals surface area contributed by atoms with Crippen LogP contribution in [0.3, 0.4) is 0 Å². The van der Waals surface area contributed by atoms with Gasteiger partial charge in [-0.3, -0.25) is 4.79 Å². The molecule has 0 unspecified atom stereocenters. The molecule has 0 saturated carbocycles. The third kappa shape index (κ3) is 2.23. The first-order valence-corrected chi connectivity index (χ1v) is 6.96. The Morgan fingerprint density at radius 3 is 2.79 bits per heavy atom. The molecule has 98 valence electrons. The maximum absolute atomic E-state index is 11.6. The Kier molecular flexibility index (Phi) is 3.24. The van der Waals surface area contributed by atoms with Crippen LogP contribution in [0.1, 0.15) is 37.7 Å². The van der Waals surface area contributed by atoms with Crippen molar-refractivity contribution in [2.75, 3.05) is 0 Å². The molecular formula is C17H18O2. The van der Waals surface area contributed by atoms with Crippen LogP contribution in [-0.2, 0) is 9.53 Å². The summed E-state index contributed by atoms with van der Waals surface area (Å²) in [7, 11) is 0. The number of carbonyl (C=O) groups is 1. The normalized spacial score (nSPS) is 22.7. The van der Waals surface area contributed by atoms with Gasteiger partial charge in [-0.1, -0.05) is 55.8 Å². The van der Waals surface area contributed by atoms with Crippen molar-refractivity contribution in [3.8, 4) is 0 Å². The van der Waals surface area contributed by atoms with Crippen LogP contribution in [0.25, 0.3) is 10.8 Å². The molecule has 2 aromatic carbocycles. The van der Waals surface area contributed by atoms with Crippen LogP contribution in [0.4, 0.5) is 0 Å². The van der Waals surface area contributed by atoms with Crippen molar-refractivity contribution in [1.82, 2.24) is 0 Å². The molecule has 0 aliphatic carbocycles. The summed E-state index contributed by atoms with van der Waals surface area (Å²) in [6.07, 6.45) is 2.54. The number of benzene rings is 2. The van der Waals surface area contributed by atoms with Crippen LogP contribution in [0.5, 0.6) is 0 Å². The van der Waals surface area contributed by atoms with Crippen molar-refractivity contribution in [2.45, 2.75) is 38.2 Å². The quantitative estimate of drug-likeness (QED) is 0.773. The van der Waals surface area contributed by atoms with Crippen molar-refractivity contribution in [2.24, 2.45) is 0 Å². The number of esters is 1. The second-order valence-corrected chi connectivity index (χ2v) is 5.20. The SMILES string of the molecule is CCC[C@H]1OC(=O)C[C@@H]1c1cccc2ccccc12. The maximum Gasteiger partial charge on any atom is 0.306 e. The van der Waals surface area contributed by atoms with Gasteiger partial charge in [0.2, 0.25) is 0 Å². The fourth-order valence-electron chi connectivity index (χ4n) is 3.04. The third-order valence-electron chi connectivity index (χ3n) is 3.91. The molecule has 2 atom stereocenters. The van der Waals surface area contributed by atoms with E-state index < -0.39 is 0 Å². The first-order chi connectivity index (χ1) is 9.29. The van der Waals surface area contributed by atoms with Crippen molar-refractivity contribution in [3.05, 3.63) is 48.0 Å². The van der Waals surface area contributed by atoms with Gasteiger partial charge in [0.05, 0.1) is 6.42 Å². The number of ether oxygens (including phenoxy) is 1. The first-order valence-electron chi connectivity index (χ1n) is 6.96. The summed E-state index contributed by atoms with van der Waals surface area (Å²) in [5.74, 6) is 0.148. The predicted octanol–water partition coefficient (Wildman–Crippen LogP) is 4.04. The molecule has 0 amide bonds. The summed E-state index contributed by atoms with van der Waals surface area (Å²) >= 11 is 0. The molecule has 0 aromatic heterocycles. The molecule has 1 heterocycles. The van der Waals surface area contributed by atoms with Crippen molar-refractivity contribution in [1.29, 1.82) is 0 Å². The molecule has 0 bridgehead atoms. The van der Waals surface area contributed by atoms with E-state index in [9.17, 15) is 4.79 Å². The van der Waals surface area contributed by atoms with Crippen LogP contribution in [-0.4, -0.2) is 12.1 Å². The lowest BCUT2D eigenvalue weighted by Crippen LogP contribution is -2.14. The number of carbonyl (C=O) groups excluding carboxylic acids is 1. The summed E-state index contributed by atoms with van der Waals surface area (Å²) in [6.45, 7) is 2.13. The molecule has 1 aliphatic heterocycles. The Morgan fingerprint density at radius 2 is 1.95 bits per heavy atom. The lowest BCUT2D eigenvalue weighted by molar-refractivity contribution is -0.141. The topological polar surface area (TPSA) is 26.3 Å². The number of hydrogen-bond acceptors (Lipinski definition) is 2. The van der Waals surface area contributed by atoms with Gasteiger partial charge in [-0.25, -0.2) is 0 Å². The van der Waals surface area contributed by atoms with E-state index in [0.717, 1.165) is 12.8 Å². The van der Waals surface area contributed by atoms with E-state index in [1.807, 2.05) is 6.07 Å².